The second-order valence-corrected chi connectivity index (χ2v) is 5.66. The van der Waals surface area contributed by atoms with E-state index in [9.17, 15) is 0 Å². The van der Waals surface area contributed by atoms with Gasteiger partial charge in [0.1, 0.15) is 12.2 Å². The molecular weight excluding hydrogens is 268 g/mol. The van der Waals surface area contributed by atoms with E-state index in [0.29, 0.717) is 0 Å². The van der Waals surface area contributed by atoms with Gasteiger partial charge in [-0.05, 0) is 30.7 Å². The van der Waals surface area contributed by atoms with Gasteiger partial charge in [0.25, 0.3) is 0 Å². The first kappa shape index (κ1) is 15.1. The van der Waals surface area contributed by atoms with Gasteiger partial charge < -0.3 is 5.32 Å². The second-order valence-electron chi connectivity index (χ2n) is 4.61. The molecule has 0 saturated carbocycles. The SMILES string of the molecule is CCCn1ncnc1CSc1ccc(CNCC)cc1. The Morgan fingerprint density at radius 2 is 2.00 bits per heavy atom. The van der Waals surface area contributed by atoms with Crippen molar-refractivity contribution in [2.45, 2.75) is 44.0 Å². The fourth-order valence-corrected chi connectivity index (χ4v) is 2.77. The van der Waals surface area contributed by atoms with Gasteiger partial charge in [0.05, 0.1) is 5.75 Å². The van der Waals surface area contributed by atoms with Gasteiger partial charge in [0.15, 0.2) is 0 Å². The molecule has 0 saturated heterocycles. The molecule has 1 aromatic carbocycles. The zero-order valence-electron chi connectivity index (χ0n) is 12.2. The lowest BCUT2D eigenvalue weighted by atomic mass is 10.2. The van der Waals surface area contributed by atoms with Gasteiger partial charge in [-0.3, -0.25) is 0 Å². The van der Waals surface area contributed by atoms with Crippen LogP contribution in [-0.4, -0.2) is 21.3 Å². The van der Waals surface area contributed by atoms with Crippen molar-refractivity contribution in [2.24, 2.45) is 0 Å². The average Bonchev–Trinajstić information content (AvgIpc) is 2.92. The van der Waals surface area contributed by atoms with Crippen molar-refractivity contribution >= 4 is 11.8 Å². The van der Waals surface area contributed by atoms with Crippen LogP contribution in [0, 0.1) is 0 Å². The molecule has 20 heavy (non-hydrogen) atoms. The summed E-state index contributed by atoms with van der Waals surface area (Å²) in [6, 6.07) is 8.72. The molecule has 0 unspecified atom stereocenters. The molecule has 5 heteroatoms. The molecule has 0 aliphatic carbocycles. The summed E-state index contributed by atoms with van der Waals surface area (Å²) in [7, 11) is 0. The molecule has 0 fully saturated rings. The number of hydrogen-bond donors (Lipinski definition) is 1. The summed E-state index contributed by atoms with van der Waals surface area (Å²) in [5, 5.41) is 7.58. The largest absolute Gasteiger partial charge is 0.313 e. The van der Waals surface area contributed by atoms with Gasteiger partial charge in [0.2, 0.25) is 0 Å². The zero-order chi connectivity index (χ0) is 14.2. The zero-order valence-corrected chi connectivity index (χ0v) is 13.0. The molecule has 0 bridgehead atoms. The molecular formula is C15H22N4S. The van der Waals surface area contributed by atoms with E-state index >= 15 is 0 Å². The summed E-state index contributed by atoms with van der Waals surface area (Å²) in [6.07, 6.45) is 2.73. The molecule has 0 spiro atoms. The summed E-state index contributed by atoms with van der Waals surface area (Å²) < 4.78 is 1.99. The summed E-state index contributed by atoms with van der Waals surface area (Å²) >= 11 is 1.81. The third-order valence-electron chi connectivity index (χ3n) is 3.00. The van der Waals surface area contributed by atoms with Crippen LogP contribution in [0.1, 0.15) is 31.7 Å². The van der Waals surface area contributed by atoms with Gasteiger partial charge in [-0.15, -0.1) is 11.8 Å². The van der Waals surface area contributed by atoms with Gasteiger partial charge in [-0.25, -0.2) is 9.67 Å². The fourth-order valence-electron chi connectivity index (χ4n) is 1.92. The highest BCUT2D eigenvalue weighted by Crippen LogP contribution is 2.22. The summed E-state index contributed by atoms with van der Waals surface area (Å²) in [6.45, 7) is 7.16. The number of aryl methyl sites for hydroxylation is 1. The molecule has 0 aliphatic rings. The molecule has 108 valence electrons. The van der Waals surface area contributed by atoms with Crippen LogP contribution < -0.4 is 5.32 Å². The molecule has 2 rings (SSSR count). The first-order chi connectivity index (χ1) is 9.83. The maximum atomic E-state index is 4.33. The first-order valence-corrected chi connectivity index (χ1v) is 8.11. The van der Waals surface area contributed by atoms with Crippen LogP contribution in [0.4, 0.5) is 0 Å². The minimum Gasteiger partial charge on any atom is -0.313 e. The minimum absolute atomic E-state index is 0.868. The lowest BCUT2D eigenvalue weighted by molar-refractivity contribution is 0.581. The molecule has 2 aromatic rings. The van der Waals surface area contributed by atoms with Crippen molar-refractivity contribution in [3.8, 4) is 0 Å². The minimum atomic E-state index is 0.868. The summed E-state index contributed by atoms with van der Waals surface area (Å²) in [5.74, 6) is 1.92. The van der Waals surface area contributed by atoms with Crippen molar-refractivity contribution in [2.75, 3.05) is 6.54 Å². The molecule has 1 N–H and O–H groups in total. The molecule has 1 aromatic heterocycles. The number of rotatable bonds is 8. The third kappa shape index (κ3) is 4.35. The van der Waals surface area contributed by atoms with Gasteiger partial charge >= 0.3 is 0 Å². The van der Waals surface area contributed by atoms with Gasteiger partial charge in [0, 0.05) is 18.0 Å². The van der Waals surface area contributed by atoms with Crippen molar-refractivity contribution in [3.63, 3.8) is 0 Å². The third-order valence-corrected chi connectivity index (χ3v) is 4.01. The molecule has 0 aliphatic heterocycles. The Balaban J connectivity index is 1.88. The maximum Gasteiger partial charge on any atom is 0.138 e. The van der Waals surface area contributed by atoms with E-state index in [-0.39, 0.29) is 0 Å². The van der Waals surface area contributed by atoms with E-state index in [1.54, 1.807) is 18.1 Å². The highest BCUT2D eigenvalue weighted by atomic mass is 32.2. The van der Waals surface area contributed by atoms with Crippen molar-refractivity contribution in [1.29, 1.82) is 0 Å². The van der Waals surface area contributed by atoms with Crippen LogP contribution in [0.2, 0.25) is 0 Å². The Bertz CT molecular complexity index is 507. The average molecular weight is 290 g/mol. The second kappa shape index (κ2) is 8.07. The van der Waals surface area contributed by atoms with E-state index in [0.717, 1.165) is 37.6 Å². The number of benzene rings is 1. The van der Waals surface area contributed by atoms with Crippen molar-refractivity contribution < 1.29 is 0 Å². The normalized spacial score (nSPS) is 10.9. The van der Waals surface area contributed by atoms with Crippen molar-refractivity contribution in [3.05, 3.63) is 42.0 Å². The number of hydrogen-bond acceptors (Lipinski definition) is 4. The lowest BCUT2D eigenvalue weighted by Gasteiger charge is -2.06. The van der Waals surface area contributed by atoms with E-state index in [1.165, 1.54) is 10.5 Å². The Labute approximate surface area is 125 Å². The van der Waals surface area contributed by atoms with E-state index in [1.807, 2.05) is 4.68 Å². The van der Waals surface area contributed by atoms with E-state index in [2.05, 4.69) is 53.5 Å². The van der Waals surface area contributed by atoms with Crippen LogP contribution in [-0.2, 0) is 18.8 Å². The van der Waals surface area contributed by atoms with Gasteiger partial charge in [-0.1, -0.05) is 26.0 Å². The standard InChI is InChI=1S/C15H22N4S/c1-3-9-19-15(17-12-18-19)11-20-14-7-5-13(6-8-14)10-16-4-2/h5-8,12,16H,3-4,9-11H2,1-2H3. The molecule has 0 amide bonds. The first-order valence-electron chi connectivity index (χ1n) is 7.12. The molecule has 0 atom stereocenters. The smallest absolute Gasteiger partial charge is 0.138 e. The Morgan fingerprint density at radius 3 is 2.70 bits per heavy atom. The van der Waals surface area contributed by atoms with Crippen LogP contribution in [0.3, 0.4) is 0 Å². The predicted molar refractivity (Wildman–Crippen MR) is 83.7 cm³/mol. The fraction of sp³-hybridized carbons (Fsp3) is 0.467. The summed E-state index contributed by atoms with van der Waals surface area (Å²) in [5.41, 5.74) is 1.32. The molecule has 0 radical (unpaired) electrons. The van der Waals surface area contributed by atoms with E-state index < -0.39 is 0 Å². The van der Waals surface area contributed by atoms with Crippen LogP contribution in [0.5, 0.6) is 0 Å². The van der Waals surface area contributed by atoms with Crippen LogP contribution >= 0.6 is 11.8 Å². The topological polar surface area (TPSA) is 42.7 Å². The highest BCUT2D eigenvalue weighted by Gasteiger charge is 2.04. The van der Waals surface area contributed by atoms with Gasteiger partial charge in [-0.2, -0.15) is 5.10 Å². The summed E-state index contributed by atoms with van der Waals surface area (Å²) in [4.78, 5) is 5.60. The van der Waals surface area contributed by atoms with E-state index in [4.69, 9.17) is 0 Å². The lowest BCUT2D eigenvalue weighted by Crippen LogP contribution is -2.11. The quantitative estimate of drug-likeness (QED) is 0.759. The molecule has 4 nitrogen and oxygen atoms in total. The maximum absolute atomic E-state index is 4.33. The number of aromatic nitrogens is 3. The highest BCUT2D eigenvalue weighted by molar-refractivity contribution is 7.98. The monoisotopic (exact) mass is 290 g/mol. The number of thioether (sulfide) groups is 1. The Hall–Kier alpha value is -1.33. The van der Waals surface area contributed by atoms with Crippen LogP contribution in [0.25, 0.3) is 0 Å². The Morgan fingerprint density at radius 1 is 1.20 bits per heavy atom. The molecule has 1 heterocycles. The number of nitrogens with zero attached hydrogens (tertiary/aromatic N) is 3. The predicted octanol–water partition coefficient (Wildman–Crippen LogP) is 3.09. The Kier molecular flexibility index (Phi) is 6.08. The van der Waals surface area contributed by atoms with Crippen LogP contribution in [0.15, 0.2) is 35.5 Å². The number of nitrogens with one attached hydrogen (secondary N) is 1. The van der Waals surface area contributed by atoms with Crippen molar-refractivity contribution in [1.82, 2.24) is 20.1 Å².